The minimum Gasteiger partial charge on any atom is -0.331 e. The van der Waals surface area contributed by atoms with Crippen molar-refractivity contribution in [1.29, 1.82) is 5.26 Å². The van der Waals surface area contributed by atoms with Gasteiger partial charge in [0.2, 0.25) is 0 Å². The van der Waals surface area contributed by atoms with Gasteiger partial charge in [0, 0.05) is 25.6 Å². The van der Waals surface area contributed by atoms with Crippen molar-refractivity contribution in [3.8, 4) is 6.07 Å². The third kappa shape index (κ3) is 5.62. The SMILES string of the molecule is CC(C)Cc1ncc2c(n1)CN(C(=O)NC(CCC#N)c1ccc(Cl)c(Cl)c1)CC2. The molecule has 0 saturated heterocycles. The Bertz CT molecular complexity index is 957. The zero-order valence-electron chi connectivity index (χ0n) is 17.2. The lowest BCUT2D eigenvalue weighted by molar-refractivity contribution is 0.186. The number of nitrogens with one attached hydrogen (secondary N) is 1. The van der Waals surface area contributed by atoms with Crippen LogP contribution < -0.4 is 5.32 Å². The summed E-state index contributed by atoms with van der Waals surface area (Å²) in [7, 11) is 0. The van der Waals surface area contributed by atoms with Crippen LogP contribution >= 0.6 is 23.2 Å². The fourth-order valence-electron chi connectivity index (χ4n) is 3.48. The van der Waals surface area contributed by atoms with Crippen molar-refractivity contribution in [2.75, 3.05) is 6.54 Å². The quantitative estimate of drug-likeness (QED) is 0.670. The second-order valence-corrected chi connectivity index (χ2v) is 8.71. The molecule has 2 heterocycles. The predicted molar refractivity (Wildman–Crippen MR) is 117 cm³/mol. The Morgan fingerprint density at radius 2 is 2.13 bits per heavy atom. The Labute approximate surface area is 187 Å². The van der Waals surface area contributed by atoms with Gasteiger partial charge >= 0.3 is 6.03 Å². The third-order valence-electron chi connectivity index (χ3n) is 5.06. The summed E-state index contributed by atoms with van der Waals surface area (Å²) < 4.78 is 0. The van der Waals surface area contributed by atoms with Crippen molar-refractivity contribution < 1.29 is 4.79 Å². The number of urea groups is 1. The molecule has 0 radical (unpaired) electrons. The first-order chi connectivity index (χ1) is 14.4. The lowest BCUT2D eigenvalue weighted by Crippen LogP contribution is -2.44. The van der Waals surface area contributed by atoms with Gasteiger partial charge in [0.25, 0.3) is 0 Å². The summed E-state index contributed by atoms with van der Waals surface area (Å²) in [6.45, 7) is 5.30. The lowest BCUT2D eigenvalue weighted by Gasteiger charge is -2.30. The van der Waals surface area contributed by atoms with E-state index in [0.29, 0.717) is 41.9 Å². The zero-order chi connectivity index (χ0) is 21.7. The van der Waals surface area contributed by atoms with Gasteiger partial charge in [-0.05, 0) is 42.0 Å². The van der Waals surface area contributed by atoms with Crippen LogP contribution in [-0.4, -0.2) is 27.4 Å². The Balaban J connectivity index is 1.73. The second kappa shape index (κ2) is 10.1. The van der Waals surface area contributed by atoms with Crippen LogP contribution in [0.5, 0.6) is 0 Å². The van der Waals surface area contributed by atoms with Gasteiger partial charge in [-0.3, -0.25) is 0 Å². The number of fused-ring (bicyclic) bond motifs is 1. The molecule has 2 amide bonds. The van der Waals surface area contributed by atoms with E-state index in [9.17, 15) is 4.79 Å². The molecule has 1 aliphatic rings. The summed E-state index contributed by atoms with van der Waals surface area (Å²) >= 11 is 12.2. The van der Waals surface area contributed by atoms with Gasteiger partial charge in [-0.15, -0.1) is 0 Å². The third-order valence-corrected chi connectivity index (χ3v) is 5.80. The van der Waals surface area contributed by atoms with Crippen LogP contribution in [0.3, 0.4) is 0 Å². The molecule has 1 aromatic carbocycles. The maximum atomic E-state index is 13.0. The maximum absolute atomic E-state index is 13.0. The molecule has 1 N–H and O–H groups in total. The van der Waals surface area contributed by atoms with Gasteiger partial charge < -0.3 is 10.2 Å². The molecule has 0 saturated carbocycles. The van der Waals surface area contributed by atoms with E-state index in [4.69, 9.17) is 28.5 Å². The minimum atomic E-state index is -0.324. The number of aromatic nitrogens is 2. The smallest absolute Gasteiger partial charge is 0.318 e. The number of amides is 2. The van der Waals surface area contributed by atoms with Crippen LogP contribution in [0.4, 0.5) is 4.79 Å². The van der Waals surface area contributed by atoms with Crippen LogP contribution in [0, 0.1) is 17.2 Å². The van der Waals surface area contributed by atoms with Crippen LogP contribution in [0.25, 0.3) is 0 Å². The predicted octanol–water partition coefficient (Wildman–Crippen LogP) is 5.09. The van der Waals surface area contributed by atoms with Crippen molar-refractivity contribution in [2.45, 2.75) is 52.1 Å². The van der Waals surface area contributed by atoms with E-state index < -0.39 is 0 Å². The van der Waals surface area contributed by atoms with Gasteiger partial charge in [-0.2, -0.15) is 5.26 Å². The summed E-state index contributed by atoms with van der Waals surface area (Å²) in [6, 6.07) is 6.90. The average molecular weight is 446 g/mol. The highest BCUT2D eigenvalue weighted by atomic mass is 35.5. The fourth-order valence-corrected chi connectivity index (χ4v) is 3.79. The summed E-state index contributed by atoms with van der Waals surface area (Å²) in [6.07, 6.45) is 4.24. The molecular formula is C22H25Cl2N5O. The Kier molecular flexibility index (Phi) is 7.52. The van der Waals surface area contributed by atoms with E-state index in [-0.39, 0.29) is 12.1 Å². The average Bonchev–Trinajstić information content (AvgIpc) is 2.72. The first-order valence-electron chi connectivity index (χ1n) is 10.1. The highest BCUT2D eigenvalue weighted by Crippen LogP contribution is 2.28. The Hall–Kier alpha value is -2.36. The molecule has 30 heavy (non-hydrogen) atoms. The van der Waals surface area contributed by atoms with E-state index in [1.54, 1.807) is 17.0 Å². The summed E-state index contributed by atoms with van der Waals surface area (Å²) in [5.74, 6) is 1.28. The lowest BCUT2D eigenvalue weighted by atomic mass is 10.0. The normalized spacial score (nSPS) is 14.2. The van der Waals surface area contributed by atoms with E-state index >= 15 is 0 Å². The number of rotatable bonds is 6. The number of hydrogen-bond donors (Lipinski definition) is 1. The van der Waals surface area contributed by atoms with Crippen molar-refractivity contribution in [2.24, 2.45) is 5.92 Å². The number of benzene rings is 1. The first kappa shape index (κ1) is 22.3. The molecule has 6 nitrogen and oxygen atoms in total. The topological polar surface area (TPSA) is 81.9 Å². The molecule has 0 fully saturated rings. The second-order valence-electron chi connectivity index (χ2n) is 7.90. The number of nitrogens with zero attached hydrogens (tertiary/aromatic N) is 4. The standard InChI is InChI=1S/C22H25Cl2N5O/c1-14(2)10-21-26-12-16-7-9-29(13-20(16)27-21)22(30)28-19(4-3-8-25)15-5-6-17(23)18(24)11-15/h5-6,11-12,14,19H,3-4,7,9-10,13H2,1-2H3,(H,28,30). The van der Waals surface area contributed by atoms with Crippen molar-refractivity contribution in [3.63, 3.8) is 0 Å². The molecule has 1 aliphatic heterocycles. The van der Waals surface area contributed by atoms with Crippen LogP contribution in [0.2, 0.25) is 10.0 Å². The van der Waals surface area contributed by atoms with Crippen LogP contribution in [0.15, 0.2) is 24.4 Å². The van der Waals surface area contributed by atoms with Gasteiger partial charge in [0.1, 0.15) is 5.82 Å². The summed E-state index contributed by atoms with van der Waals surface area (Å²) in [5.41, 5.74) is 2.83. The molecule has 1 unspecified atom stereocenters. The monoisotopic (exact) mass is 445 g/mol. The van der Waals surface area contributed by atoms with E-state index in [0.717, 1.165) is 35.5 Å². The molecule has 0 bridgehead atoms. The minimum absolute atomic E-state index is 0.182. The largest absolute Gasteiger partial charge is 0.331 e. The van der Waals surface area contributed by atoms with E-state index in [2.05, 4.69) is 35.2 Å². The van der Waals surface area contributed by atoms with Gasteiger partial charge in [0.05, 0.1) is 34.4 Å². The van der Waals surface area contributed by atoms with Crippen molar-refractivity contribution in [1.82, 2.24) is 20.2 Å². The molecule has 2 aromatic rings. The fraction of sp³-hybridized carbons (Fsp3) is 0.455. The Morgan fingerprint density at radius 3 is 2.83 bits per heavy atom. The molecule has 158 valence electrons. The molecule has 1 aromatic heterocycles. The highest BCUT2D eigenvalue weighted by Gasteiger charge is 2.25. The number of nitriles is 1. The molecule has 0 spiro atoms. The van der Waals surface area contributed by atoms with Crippen LogP contribution in [0.1, 0.15) is 55.4 Å². The molecular weight excluding hydrogens is 421 g/mol. The van der Waals surface area contributed by atoms with Gasteiger partial charge in [-0.1, -0.05) is 43.1 Å². The number of carbonyl (C=O) groups is 1. The maximum Gasteiger partial charge on any atom is 0.318 e. The van der Waals surface area contributed by atoms with Crippen LogP contribution in [-0.2, 0) is 19.4 Å². The van der Waals surface area contributed by atoms with E-state index in [1.807, 2.05) is 12.3 Å². The zero-order valence-corrected chi connectivity index (χ0v) is 18.7. The number of hydrogen-bond acceptors (Lipinski definition) is 4. The van der Waals surface area contributed by atoms with Gasteiger partial charge in [0.15, 0.2) is 0 Å². The highest BCUT2D eigenvalue weighted by molar-refractivity contribution is 6.42. The summed E-state index contributed by atoms with van der Waals surface area (Å²) in [4.78, 5) is 23.9. The number of carbonyl (C=O) groups excluding carboxylic acids is 1. The van der Waals surface area contributed by atoms with Crippen molar-refractivity contribution >= 4 is 29.2 Å². The first-order valence-corrected chi connectivity index (χ1v) is 10.8. The molecule has 8 heteroatoms. The molecule has 0 aliphatic carbocycles. The molecule has 3 rings (SSSR count). The number of halogens is 2. The summed E-state index contributed by atoms with van der Waals surface area (Å²) in [5, 5.41) is 12.9. The van der Waals surface area contributed by atoms with Crippen molar-refractivity contribution in [3.05, 3.63) is 57.1 Å². The molecule has 1 atom stereocenters. The van der Waals surface area contributed by atoms with E-state index in [1.165, 1.54) is 0 Å². The Morgan fingerprint density at radius 1 is 1.33 bits per heavy atom. The van der Waals surface area contributed by atoms with Gasteiger partial charge in [-0.25, -0.2) is 14.8 Å².